The van der Waals surface area contributed by atoms with Crippen LogP contribution in [0.4, 0.5) is 5.69 Å². The van der Waals surface area contributed by atoms with Crippen molar-refractivity contribution >= 4 is 56.2 Å². The molecule has 2 heterocycles. The van der Waals surface area contributed by atoms with E-state index in [4.69, 9.17) is 34.8 Å². The van der Waals surface area contributed by atoms with Crippen molar-refractivity contribution < 1.29 is 13.2 Å². The number of sulfone groups is 1. The van der Waals surface area contributed by atoms with Gasteiger partial charge < -0.3 is 4.90 Å². The maximum Gasteiger partial charge on any atom is 0.276 e. The predicted octanol–water partition coefficient (Wildman–Crippen LogP) is 5.61. The zero-order chi connectivity index (χ0) is 22.2. The summed E-state index contributed by atoms with van der Waals surface area (Å²) in [6, 6.07) is 15.0. The Morgan fingerprint density at radius 3 is 2.52 bits per heavy atom. The Kier molecular flexibility index (Phi) is 6.26. The third-order valence-corrected chi connectivity index (χ3v) is 7.86. The van der Waals surface area contributed by atoms with Crippen LogP contribution in [0.2, 0.25) is 15.1 Å². The summed E-state index contributed by atoms with van der Waals surface area (Å²) in [5.41, 5.74) is 2.39. The van der Waals surface area contributed by atoms with Gasteiger partial charge >= 0.3 is 0 Å². The first kappa shape index (κ1) is 22.1. The van der Waals surface area contributed by atoms with Crippen LogP contribution in [-0.2, 0) is 22.0 Å². The van der Waals surface area contributed by atoms with Crippen LogP contribution in [0.3, 0.4) is 0 Å². The topological polar surface area (TPSA) is 67.3 Å². The Bertz CT molecular complexity index is 1280. The van der Waals surface area contributed by atoms with Crippen LogP contribution in [-0.4, -0.2) is 25.9 Å². The van der Waals surface area contributed by atoms with Crippen LogP contribution < -0.4 is 4.90 Å². The van der Waals surface area contributed by atoms with Crippen molar-refractivity contribution in [1.82, 2.24) is 4.98 Å². The second-order valence-corrected chi connectivity index (χ2v) is 10.3. The number of aromatic nitrogens is 1. The van der Waals surface area contributed by atoms with Crippen molar-refractivity contribution in [2.75, 3.05) is 11.4 Å². The summed E-state index contributed by atoms with van der Waals surface area (Å²) in [6.07, 6.45) is 1.77. The minimum Gasteiger partial charge on any atom is -0.307 e. The highest BCUT2D eigenvalue weighted by molar-refractivity contribution is 7.90. The largest absolute Gasteiger partial charge is 0.307 e. The molecule has 1 aliphatic rings. The fourth-order valence-corrected chi connectivity index (χ4v) is 5.90. The molecule has 0 radical (unpaired) electrons. The molecule has 9 heteroatoms. The summed E-state index contributed by atoms with van der Waals surface area (Å²) in [6.45, 7) is 0.582. The van der Waals surface area contributed by atoms with E-state index >= 15 is 0 Å². The van der Waals surface area contributed by atoms with Gasteiger partial charge in [0, 0.05) is 12.2 Å². The van der Waals surface area contributed by atoms with Gasteiger partial charge in [0.25, 0.3) is 5.91 Å². The van der Waals surface area contributed by atoms with Gasteiger partial charge in [-0.1, -0.05) is 59.1 Å². The number of fused-ring (bicyclic) bond motifs is 1. The van der Waals surface area contributed by atoms with Crippen LogP contribution in [0.25, 0.3) is 0 Å². The van der Waals surface area contributed by atoms with E-state index in [1.165, 1.54) is 12.1 Å². The molecule has 0 saturated carbocycles. The molecule has 0 fully saturated rings. The van der Waals surface area contributed by atoms with Gasteiger partial charge in [0.15, 0.2) is 9.84 Å². The van der Waals surface area contributed by atoms with Crippen LogP contribution in [0.15, 0.2) is 59.5 Å². The van der Waals surface area contributed by atoms with E-state index in [1.807, 2.05) is 24.3 Å². The van der Waals surface area contributed by atoms with Crippen molar-refractivity contribution in [3.05, 3.63) is 86.6 Å². The van der Waals surface area contributed by atoms with Gasteiger partial charge in [-0.3, -0.25) is 4.79 Å². The zero-order valence-corrected chi connectivity index (χ0v) is 19.3. The highest BCUT2D eigenvalue weighted by atomic mass is 35.5. The first-order valence-electron chi connectivity index (χ1n) is 9.49. The minimum atomic E-state index is -3.86. The molecule has 0 unspecified atom stereocenters. The number of aryl methyl sites for hydroxylation is 1. The van der Waals surface area contributed by atoms with E-state index in [2.05, 4.69) is 4.98 Å². The Morgan fingerprint density at radius 2 is 1.71 bits per heavy atom. The molecule has 3 aromatic rings. The molecule has 1 aliphatic heterocycles. The summed E-state index contributed by atoms with van der Waals surface area (Å²) < 4.78 is 25.8. The first-order valence-corrected chi connectivity index (χ1v) is 12.3. The SMILES string of the molecule is O=C(c1cccc(CS(=O)(=O)c2cc(Cl)c(Cl)cc2Cl)n1)N1CCCc2ccccc21. The maximum atomic E-state index is 13.1. The van der Waals surface area contributed by atoms with Crippen molar-refractivity contribution in [1.29, 1.82) is 0 Å². The van der Waals surface area contributed by atoms with E-state index in [9.17, 15) is 13.2 Å². The predicted molar refractivity (Wildman–Crippen MR) is 123 cm³/mol. The van der Waals surface area contributed by atoms with E-state index in [0.29, 0.717) is 6.54 Å². The Balaban J connectivity index is 1.62. The monoisotopic (exact) mass is 494 g/mol. The lowest BCUT2D eigenvalue weighted by Crippen LogP contribution is -2.36. The first-order chi connectivity index (χ1) is 14.8. The number of pyridine rings is 1. The van der Waals surface area contributed by atoms with Gasteiger partial charge in [-0.05, 0) is 48.7 Å². The molecule has 2 aromatic carbocycles. The summed E-state index contributed by atoms with van der Waals surface area (Å²) in [5.74, 6) is -0.693. The van der Waals surface area contributed by atoms with Crippen LogP contribution >= 0.6 is 34.8 Å². The molecule has 0 N–H and O–H groups in total. The number of nitrogens with zero attached hydrogens (tertiary/aromatic N) is 2. The van der Waals surface area contributed by atoms with Crippen LogP contribution in [0.1, 0.15) is 28.2 Å². The number of para-hydroxylation sites is 1. The summed E-state index contributed by atoms with van der Waals surface area (Å²) in [4.78, 5) is 19.0. The normalized spacial score (nSPS) is 13.7. The maximum absolute atomic E-state index is 13.1. The second-order valence-electron chi connectivity index (χ2n) is 7.16. The number of carbonyl (C=O) groups excluding carboxylic acids is 1. The number of hydrogen-bond donors (Lipinski definition) is 0. The van der Waals surface area contributed by atoms with Crippen LogP contribution in [0, 0.1) is 0 Å². The number of halogens is 3. The third kappa shape index (κ3) is 4.58. The fraction of sp³-hybridized carbons (Fsp3) is 0.182. The number of benzene rings is 2. The molecule has 0 spiro atoms. The fourth-order valence-electron chi connectivity index (χ4n) is 3.58. The summed E-state index contributed by atoms with van der Waals surface area (Å²) in [7, 11) is -3.86. The van der Waals surface area contributed by atoms with E-state index in [0.717, 1.165) is 24.1 Å². The average Bonchev–Trinajstić information content (AvgIpc) is 2.75. The molecular weight excluding hydrogens is 479 g/mol. The molecule has 0 saturated heterocycles. The van der Waals surface area contributed by atoms with Gasteiger partial charge in [-0.25, -0.2) is 13.4 Å². The number of rotatable bonds is 4. The molecule has 1 aromatic heterocycles. The van der Waals surface area contributed by atoms with Crippen molar-refractivity contribution in [3.63, 3.8) is 0 Å². The molecule has 0 aliphatic carbocycles. The minimum absolute atomic E-state index is 0.0217. The lowest BCUT2D eigenvalue weighted by Gasteiger charge is -2.29. The van der Waals surface area contributed by atoms with E-state index < -0.39 is 15.6 Å². The average molecular weight is 496 g/mol. The lowest BCUT2D eigenvalue weighted by atomic mass is 10.0. The van der Waals surface area contributed by atoms with Gasteiger partial charge in [-0.15, -0.1) is 0 Å². The van der Waals surface area contributed by atoms with Crippen molar-refractivity contribution in [2.45, 2.75) is 23.5 Å². The van der Waals surface area contributed by atoms with E-state index in [1.54, 1.807) is 23.1 Å². The number of hydrogen-bond acceptors (Lipinski definition) is 4. The van der Waals surface area contributed by atoms with Gasteiger partial charge in [0.1, 0.15) is 5.69 Å². The van der Waals surface area contributed by atoms with Gasteiger partial charge in [-0.2, -0.15) is 0 Å². The Hall–Kier alpha value is -2.12. The Labute approximate surface area is 195 Å². The zero-order valence-electron chi connectivity index (χ0n) is 16.2. The smallest absolute Gasteiger partial charge is 0.276 e. The molecule has 0 atom stereocenters. The van der Waals surface area contributed by atoms with Gasteiger partial charge in [0.2, 0.25) is 0 Å². The molecule has 1 amide bonds. The standard InChI is InChI=1S/C22H17Cl3N2O3S/c23-16-11-18(25)21(12-17(16)24)31(29,30)13-15-7-3-8-19(26-15)22(28)27-10-4-6-14-5-1-2-9-20(14)27/h1-3,5,7-9,11-12H,4,6,10,13H2. The number of carbonyl (C=O) groups is 1. The molecule has 160 valence electrons. The molecule has 31 heavy (non-hydrogen) atoms. The van der Waals surface area contributed by atoms with Crippen molar-refractivity contribution in [3.8, 4) is 0 Å². The van der Waals surface area contributed by atoms with Crippen LogP contribution in [0.5, 0.6) is 0 Å². The van der Waals surface area contributed by atoms with E-state index in [-0.39, 0.29) is 37.3 Å². The van der Waals surface area contributed by atoms with Gasteiger partial charge in [0.05, 0.1) is 31.4 Å². The van der Waals surface area contributed by atoms with Crippen molar-refractivity contribution in [2.24, 2.45) is 0 Å². The third-order valence-electron chi connectivity index (χ3n) is 5.03. The Morgan fingerprint density at radius 1 is 0.968 bits per heavy atom. The molecule has 5 nitrogen and oxygen atoms in total. The highest BCUT2D eigenvalue weighted by Gasteiger charge is 2.26. The number of anilines is 1. The molecular formula is C22H17Cl3N2O3S. The summed E-state index contributed by atoms with van der Waals surface area (Å²) >= 11 is 17.9. The highest BCUT2D eigenvalue weighted by Crippen LogP contribution is 2.33. The molecule has 4 rings (SSSR count). The lowest BCUT2D eigenvalue weighted by molar-refractivity contribution is 0.0980. The number of amides is 1. The molecule has 0 bridgehead atoms. The summed E-state index contributed by atoms with van der Waals surface area (Å²) in [5, 5.41) is 0.231. The quantitative estimate of drug-likeness (QED) is 0.441. The second kappa shape index (κ2) is 8.79.